The summed E-state index contributed by atoms with van der Waals surface area (Å²) in [6.45, 7) is 9.66. The summed E-state index contributed by atoms with van der Waals surface area (Å²) in [6, 6.07) is 0. The van der Waals surface area contributed by atoms with Crippen LogP contribution in [0.25, 0.3) is 0 Å². The van der Waals surface area contributed by atoms with E-state index in [1.54, 1.807) is 0 Å². The van der Waals surface area contributed by atoms with Crippen LogP contribution in [0.5, 0.6) is 0 Å². The van der Waals surface area contributed by atoms with E-state index in [-0.39, 0.29) is 18.2 Å². The standard InChI is InChI=1S/C10H17NO2/c1-5-10(13)11(6-8(2)3)7-9(4)12/h5,8H,1,6-7H2,2-4H3. The third kappa shape index (κ3) is 5.17. The van der Waals surface area contributed by atoms with Gasteiger partial charge in [0.15, 0.2) is 0 Å². The number of Topliss-reactive ketones (excluding diaryl/α,β-unsaturated/α-hetero) is 1. The van der Waals surface area contributed by atoms with Crippen LogP contribution < -0.4 is 0 Å². The largest absolute Gasteiger partial charge is 0.332 e. The molecule has 0 aliphatic carbocycles. The van der Waals surface area contributed by atoms with E-state index in [4.69, 9.17) is 0 Å². The maximum Gasteiger partial charge on any atom is 0.246 e. The zero-order valence-electron chi connectivity index (χ0n) is 8.54. The Morgan fingerprint density at radius 3 is 2.31 bits per heavy atom. The van der Waals surface area contributed by atoms with E-state index >= 15 is 0 Å². The number of nitrogens with zero attached hydrogens (tertiary/aromatic N) is 1. The van der Waals surface area contributed by atoms with Crippen LogP contribution in [-0.2, 0) is 9.59 Å². The third-order valence-electron chi connectivity index (χ3n) is 1.49. The highest BCUT2D eigenvalue weighted by Gasteiger charge is 2.13. The Morgan fingerprint density at radius 2 is 2.00 bits per heavy atom. The lowest BCUT2D eigenvalue weighted by atomic mass is 10.2. The topological polar surface area (TPSA) is 37.4 Å². The fourth-order valence-corrected chi connectivity index (χ4v) is 1.07. The first-order valence-corrected chi connectivity index (χ1v) is 4.38. The molecule has 0 bridgehead atoms. The molecular formula is C10H17NO2. The first-order valence-electron chi connectivity index (χ1n) is 4.38. The van der Waals surface area contributed by atoms with Gasteiger partial charge in [0.2, 0.25) is 5.91 Å². The summed E-state index contributed by atoms with van der Waals surface area (Å²) in [6.07, 6.45) is 1.24. The van der Waals surface area contributed by atoms with Gasteiger partial charge in [-0.25, -0.2) is 0 Å². The Morgan fingerprint density at radius 1 is 1.46 bits per heavy atom. The molecule has 3 nitrogen and oxygen atoms in total. The van der Waals surface area contributed by atoms with E-state index in [0.717, 1.165) is 0 Å². The Labute approximate surface area is 79.4 Å². The lowest BCUT2D eigenvalue weighted by Crippen LogP contribution is -2.36. The van der Waals surface area contributed by atoms with Crippen LogP contribution >= 0.6 is 0 Å². The zero-order chi connectivity index (χ0) is 10.4. The first kappa shape index (κ1) is 11.9. The van der Waals surface area contributed by atoms with Gasteiger partial charge in [-0.3, -0.25) is 9.59 Å². The smallest absolute Gasteiger partial charge is 0.246 e. The normalized spacial score (nSPS) is 9.85. The van der Waals surface area contributed by atoms with Gasteiger partial charge < -0.3 is 4.90 Å². The van der Waals surface area contributed by atoms with Gasteiger partial charge >= 0.3 is 0 Å². The molecule has 0 aliphatic heterocycles. The Hall–Kier alpha value is -1.12. The average molecular weight is 183 g/mol. The van der Waals surface area contributed by atoms with Crippen LogP contribution in [0.2, 0.25) is 0 Å². The zero-order valence-corrected chi connectivity index (χ0v) is 8.54. The van der Waals surface area contributed by atoms with E-state index in [0.29, 0.717) is 12.5 Å². The fraction of sp³-hybridized carbons (Fsp3) is 0.600. The predicted molar refractivity (Wildman–Crippen MR) is 52.3 cm³/mol. The lowest BCUT2D eigenvalue weighted by molar-refractivity contribution is -0.131. The summed E-state index contributed by atoms with van der Waals surface area (Å²) in [4.78, 5) is 23.6. The summed E-state index contributed by atoms with van der Waals surface area (Å²) in [7, 11) is 0. The maximum atomic E-state index is 11.2. The molecule has 3 heteroatoms. The minimum atomic E-state index is -0.177. The monoisotopic (exact) mass is 183 g/mol. The number of carbonyl (C=O) groups is 2. The first-order chi connectivity index (χ1) is 5.97. The van der Waals surface area contributed by atoms with Gasteiger partial charge in [0.25, 0.3) is 0 Å². The minimum absolute atomic E-state index is 0.00384. The molecular weight excluding hydrogens is 166 g/mol. The number of carbonyl (C=O) groups excluding carboxylic acids is 2. The Bertz CT molecular complexity index is 209. The number of hydrogen-bond acceptors (Lipinski definition) is 2. The molecule has 0 heterocycles. The van der Waals surface area contributed by atoms with Gasteiger partial charge in [-0.05, 0) is 18.9 Å². The SMILES string of the molecule is C=CC(=O)N(CC(C)=O)CC(C)C. The van der Waals surface area contributed by atoms with E-state index in [9.17, 15) is 9.59 Å². The summed E-state index contributed by atoms with van der Waals surface area (Å²) in [5, 5.41) is 0. The molecule has 74 valence electrons. The average Bonchev–Trinajstić information content (AvgIpc) is 2.00. The second-order valence-corrected chi connectivity index (χ2v) is 3.52. The van der Waals surface area contributed by atoms with Gasteiger partial charge in [-0.2, -0.15) is 0 Å². The van der Waals surface area contributed by atoms with Crippen molar-refractivity contribution in [1.82, 2.24) is 4.90 Å². The molecule has 0 unspecified atom stereocenters. The van der Waals surface area contributed by atoms with Crippen molar-refractivity contribution in [2.45, 2.75) is 20.8 Å². The van der Waals surface area contributed by atoms with E-state index < -0.39 is 0 Å². The van der Waals surface area contributed by atoms with Crippen molar-refractivity contribution in [3.05, 3.63) is 12.7 Å². The molecule has 0 spiro atoms. The van der Waals surface area contributed by atoms with Crippen LogP contribution in [0, 0.1) is 5.92 Å². The van der Waals surface area contributed by atoms with Gasteiger partial charge in [-0.15, -0.1) is 0 Å². The van der Waals surface area contributed by atoms with Gasteiger partial charge in [0.1, 0.15) is 5.78 Å². The summed E-state index contributed by atoms with van der Waals surface area (Å²) >= 11 is 0. The van der Waals surface area contributed by atoms with Crippen molar-refractivity contribution in [2.24, 2.45) is 5.92 Å². The van der Waals surface area contributed by atoms with Crippen LogP contribution in [0.4, 0.5) is 0 Å². The molecule has 0 aliphatic rings. The third-order valence-corrected chi connectivity index (χ3v) is 1.49. The van der Waals surface area contributed by atoms with E-state index in [1.165, 1.54) is 17.9 Å². The van der Waals surface area contributed by atoms with E-state index in [2.05, 4.69) is 6.58 Å². The molecule has 1 amide bonds. The number of hydrogen-bond donors (Lipinski definition) is 0. The lowest BCUT2D eigenvalue weighted by Gasteiger charge is -2.21. The van der Waals surface area contributed by atoms with Gasteiger partial charge in [-0.1, -0.05) is 20.4 Å². The van der Waals surface area contributed by atoms with Crippen molar-refractivity contribution >= 4 is 11.7 Å². The molecule has 0 saturated heterocycles. The Balaban J connectivity index is 4.26. The molecule has 0 N–H and O–H groups in total. The maximum absolute atomic E-state index is 11.2. The fourth-order valence-electron chi connectivity index (χ4n) is 1.07. The summed E-state index contributed by atoms with van der Waals surface area (Å²) in [5.74, 6) is 0.183. The molecule has 0 radical (unpaired) electrons. The number of amides is 1. The summed E-state index contributed by atoms with van der Waals surface area (Å²) < 4.78 is 0. The molecule has 0 fully saturated rings. The second kappa shape index (κ2) is 5.51. The van der Waals surface area contributed by atoms with Crippen LogP contribution in [0.3, 0.4) is 0 Å². The molecule has 0 rings (SSSR count). The van der Waals surface area contributed by atoms with Crippen molar-refractivity contribution in [1.29, 1.82) is 0 Å². The summed E-state index contributed by atoms with van der Waals surface area (Å²) in [5.41, 5.74) is 0. The molecule has 0 atom stereocenters. The highest BCUT2D eigenvalue weighted by molar-refractivity contribution is 5.90. The molecule has 13 heavy (non-hydrogen) atoms. The van der Waals surface area contributed by atoms with Gasteiger partial charge in [0.05, 0.1) is 6.54 Å². The van der Waals surface area contributed by atoms with Gasteiger partial charge in [0, 0.05) is 6.54 Å². The number of ketones is 1. The van der Waals surface area contributed by atoms with Crippen molar-refractivity contribution in [3.8, 4) is 0 Å². The van der Waals surface area contributed by atoms with E-state index in [1.807, 2.05) is 13.8 Å². The highest BCUT2D eigenvalue weighted by atomic mass is 16.2. The van der Waals surface area contributed by atoms with Crippen LogP contribution in [0.15, 0.2) is 12.7 Å². The predicted octanol–water partition coefficient (Wildman–Crippen LogP) is 1.25. The molecule has 0 saturated carbocycles. The van der Waals surface area contributed by atoms with Crippen LogP contribution in [-0.4, -0.2) is 29.7 Å². The van der Waals surface area contributed by atoms with Crippen molar-refractivity contribution in [2.75, 3.05) is 13.1 Å². The minimum Gasteiger partial charge on any atom is -0.332 e. The van der Waals surface area contributed by atoms with Crippen LogP contribution in [0.1, 0.15) is 20.8 Å². The van der Waals surface area contributed by atoms with Crippen molar-refractivity contribution in [3.63, 3.8) is 0 Å². The Kier molecular flexibility index (Phi) is 5.04. The second-order valence-electron chi connectivity index (χ2n) is 3.52. The van der Waals surface area contributed by atoms with Crippen molar-refractivity contribution < 1.29 is 9.59 Å². The highest BCUT2D eigenvalue weighted by Crippen LogP contribution is 1.99. The quantitative estimate of drug-likeness (QED) is 0.601. The molecule has 0 aromatic rings. The number of rotatable bonds is 5. The molecule has 0 aromatic heterocycles. The molecule has 0 aromatic carbocycles.